The molecule has 0 bridgehead atoms. The van der Waals surface area contributed by atoms with Crippen molar-refractivity contribution >= 4 is 27.3 Å². The smallest absolute Gasteiger partial charge is 0.265 e. The Hall–Kier alpha value is -3.00. The van der Waals surface area contributed by atoms with Gasteiger partial charge in [0.05, 0.1) is 23.9 Å². The number of hydrogen-bond donors (Lipinski definition) is 1. The van der Waals surface area contributed by atoms with Crippen molar-refractivity contribution in [3.8, 4) is 11.5 Å². The average molecular weight is 431 g/mol. The van der Waals surface area contributed by atoms with Gasteiger partial charge in [0.15, 0.2) is 0 Å². The number of methoxy groups -OCH3 is 1. The van der Waals surface area contributed by atoms with Crippen LogP contribution in [-0.2, 0) is 14.8 Å². The SMILES string of the molecule is C=CCN1C(=O)C(C)(C)COc2ccc(NS(=O)(=O)c3cc(C)ccc3OC)cc21. The molecule has 1 amide bonds. The van der Waals surface area contributed by atoms with Gasteiger partial charge in [0.2, 0.25) is 5.91 Å². The molecule has 0 unspecified atom stereocenters. The zero-order valence-corrected chi connectivity index (χ0v) is 18.4. The molecule has 0 aromatic heterocycles. The van der Waals surface area contributed by atoms with E-state index in [4.69, 9.17) is 9.47 Å². The number of ether oxygens (including phenoxy) is 2. The summed E-state index contributed by atoms with van der Waals surface area (Å²) < 4.78 is 39.7. The monoisotopic (exact) mass is 430 g/mol. The number of benzene rings is 2. The minimum atomic E-state index is -3.92. The highest BCUT2D eigenvalue weighted by Gasteiger charge is 2.37. The summed E-state index contributed by atoms with van der Waals surface area (Å²) in [5.41, 5.74) is 0.859. The van der Waals surface area contributed by atoms with Crippen LogP contribution in [0.15, 0.2) is 53.9 Å². The predicted molar refractivity (Wildman–Crippen MR) is 117 cm³/mol. The van der Waals surface area contributed by atoms with Crippen LogP contribution in [0.25, 0.3) is 0 Å². The van der Waals surface area contributed by atoms with Gasteiger partial charge < -0.3 is 14.4 Å². The van der Waals surface area contributed by atoms with E-state index in [1.807, 2.05) is 13.8 Å². The third-order valence-electron chi connectivity index (χ3n) is 4.83. The summed E-state index contributed by atoms with van der Waals surface area (Å²) in [6.07, 6.45) is 1.62. The molecule has 0 aliphatic carbocycles. The van der Waals surface area contributed by atoms with Crippen LogP contribution in [0.1, 0.15) is 19.4 Å². The lowest BCUT2D eigenvalue weighted by Gasteiger charge is -2.27. The highest BCUT2D eigenvalue weighted by molar-refractivity contribution is 7.92. The predicted octanol–water partition coefficient (Wildman–Crippen LogP) is 3.74. The minimum Gasteiger partial charge on any atom is -0.495 e. The molecular formula is C22H26N2O5S. The van der Waals surface area contributed by atoms with Crippen molar-refractivity contribution in [1.82, 2.24) is 0 Å². The highest BCUT2D eigenvalue weighted by Crippen LogP contribution is 2.39. The molecule has 2 aromatic carbocycles. The second kappa shape index (κ2) is 8.02. The molecule has 0 atom stereocenters. The van der Waals surface area contributed by atoms with Gasteiger partial charge >= 0.3 is 0 Å². The Labute approximate surface area is 177 Å². The van der Waals surface area contributed by atoms with Gasteiger partial charge in [-0.3, -0.25) is 9.52 Å². The van der Waals surface area contributed by atoms with Gasteiger partial charge in [0.1, 0.15) is 23.0 Å². The number of carbonyl (C=O) groups is 1. The van der Waals surface area contributed by atoms with E-state index < -0.39 is 15.4 Å². The second-order valence-corrected chi connectivity index (χ2v) is 9.47. The highest BCUT2D eigenvalue weighted by atomic mass is 32.2. The fraction of sp³-hybridized carbons (Fsp3) is 0.318. The molecule has 3 rings (SSSR count). The summed E-state index contributed by atoms with van der Waals surface area (Å²) in [4.78, 5) is 14.6. The van der Waals surface area contributed by atoms with E-state index in [1.165, 1.54) is 7.11 Å². The molecular weight excluding hydrogens is 404 g/mol. The normalized spacial score (nSPS) is 15.6. The first-order chi connectivity index (χ1) is 14.1. The summed E-state index contributed by atoms with van der Waals surface area (Å²) >= 11 is 0. The molecule has 1 N–H and O–H groups in total. The maximum atomic E-state index is 13.0. The van der Waals surface area contributed by atoms with Crippen LogP contribution >= 0.6 is 0 Å². The van der Waals surface area contributed by atoms with Gasteiger partial charge in [0, 0.05) is 6.54 Å². The number of hydrogen-bond acceptors (Lipinski definition) is 5. The number of anilines is 2. The Morgan fingerprint density at radius 1 is 1.27 bits per heavy atom. The van der Waals surface area contributed by atoms with Crippen LogP contribution in [0, 0.1) is 12.3 Å². The molecule has 8 heteroatoms. The lowest BCUT2D eigenvalue weighted by Crippen LogP contribution is -2.42. The molecule has 30 heavy (non-hydrogen) atoms. The summed E-state index contributed by atoms with van der Waals surface area (Å²) in [7, 11) is -2.50. The molecule has 0 radical (unpaired) electrons. The number of amides is 1. The lowest BCUT2D eigenvalue weighted by atomic mass is 9.93. The standard InChI is InChI=1S/C22H26N2O5S/c1-6-11-24-17-13-16(8-10-18(17)29-14-22(3,4)21(24)25)23-30(26,27)20-12-15(2)7-9-19(20)28-5/h6-10,12-13,23H,1,11,14H2,2-5H3. The van der Waals surface area contributed by atoms with E-state index >= 15 is 0 Å². The fourth-order valence-corrected chi connectivity index (χ4v) is 4.53. The first kappa shape index (κ1) is 21.7. The summed E-state index contributed by atoms with van der Waals surface area (Å²) in [5.74, 6) is 0.629. The van der Waals surface area contributed by atoms with E-state index in [0.29, 0.717) is 17.1 Å². The molecule has 1 aliphatic rings. The Kier molecular flexibility index (Phi) is 5.81. The Balaban J connectivity index is 2.03. The maximum absolute atomic E-state index is 13.0. The van der Waals surface area contributed by atoms with Crippen LogP contribution in [0.3, 0.4) is 0 Å². The number of aryl methyl sites for hydroxylation is 1. The average Bonchev–Trinajstić information content (AvgIpc) is 2.78. The minimum absolute atomic E-state index is 0.0383. The van der Waals surface area contributed by atoms with E-state index in [1.54, 1.807) is 54.3 Å². The number of nitrogens with zero attached hydrogens (tertiary/aromatic N) is 1. The van der Waals surface area contributed by atoms with Crippen molar-refractivity contribution < 1.29 is 22.7 Å². The van der Waals surface area contributed by atoms with Crippen LogP contribution in [0.5, 0.6) is 11.5 Å². The van der Waals surface area contributed by atoms with Gasteiger partial charge in [-0.2, -0.15) is 0 Å². The summed E-state index contributed by atoms with van der Waals surface area (Å²) in [6, 6.07) is 9.79. The van der Waals surface area contributed by atoms with E-state index in [0.717, 1.165) is 5.56 Å². The van der Waals surface area contributed by atoms with Gasteiger partial charge in [-0.1, -0.05) is 12.1 Å². The van der Waals surface area contributed by atoms with Crippen molar-refractivity contribution in [2.45, 2.75) is 25.7 Å². The molecule has 0 spiro atoms. The largest absolute Gasteiger partial charge is 0.495 e. The number of nitrogens with one attached hydrogen (secondary N) is 1. The molecule has 1 aliphatic heterocycles. The molecule has 0 fully saturated rings. The van der Waals surface area contributed by atoms with Crippen molar-refractivity contribution in [2.75, 3.05) is 29.9 Å². The zero-order valence-electron chi connectivity index (χ0n) is 17.6. The quantitative estimate of drug-likeness (QED) is 0.706. The van der Waals surface area contributed by atoms with Crippen molar-refractivity contribution in [3.63, 3.8) is 0 Å². The third-order valence-corrected chi connectivity index (χ3v) is 6.24. The number of rotatable bonds is 6. The first-order valence-corrected chi connectivity index (χ1v) is 10.9. The van der Waals surface area contributed by atoms with E-state index in [9.17, 15) is 13.2 Å². The molecule has 0 saturated heterocycles. The molecule has 0 saturated carbocycles. The Morgan fingerprint density at radius 3 is 2.67 bits per heavy atom. The number of sulfonamides is 1. The van der Waals surface area contributed by atoms with E-state index in [2.05, 4.69) is 11.3 Å². The van der Waals surface area contributed by atoms with Gasteiger partial charge in [-0.25, -0.2) is 8.42 Å². The lowest BCUT2D eigenvalue weighted by molar-refractivity contribution is -0.127. The molecule has 1 heterocycles. The van der Waals surface area contributed by atoms with Crippen molar-refractivity contribution in [3.05, 3.63) is 54.6 Å². The summed E-state index contributed by atoms with van der Waals surface area (Å²) in [5, 5.41) is 0. The van der Waals surface area contributed by atoms with Crippen LogP contribution in [0.2, 0.25) is 0 Å². The van der Waals surface area contributed by atoms with Gasteiger partial charge in [0.25, 0.3) is 10.0 Å². The zero-order chi connectivity index (χ0) is 22.1. The Bertz CT molecular complexity index is 1090. The van der Waals surface area contributed by atoms with E-state index in [-0.39, 0.29) is 29.7 Å². The second-order valence-electron chi connectivity index (χ2n) is 7.82. The first-order valence-electron chi connectivity index (χ1n) is 9.46. The van der Waals surface area contributed by atoms with Crippen molar-refractivity contribution in [2.24, 2.45) is 5.41 Å². The van der Waals surface area contributed by atoms with Crippen LogP contribution in [-0.4, -0.2) is 34.6 Å². The third kappa shape index (κ3) is 4.14. The number of fused-ring (bicyclic) bond motifs is 1. The van der Waals surface area contributed by atoms with Crippen LogP contribution < -0.4 is 19.1 Å². The maximum Gasteiger partial charge on any atom is 0.265 e. The molecule has 7 nitrogen and oxygen atoms in total. The summed E-state index contributed by atoms with van der Waals surface area (Å²) in [6.45, 7) is 9.65. The van der Waals surface area contributed by atoms with Crippen molar-refractivity contribution in [1.29, 1.82) is 0 Å². The molecule has 2 aromatic rings. The van der Waals surface area contributed by atoms with Gasteiger partial charge in [-0.05, 0) is 56.7 Å². The molecule has 160 valence electrons. The Morgan fingerprint density at radius 2 is 2.00 bits per heavy atom. The van der Waals surface area contributed by atoms with Crippen LogP contribution in [0.4, 0.5) is 11.4 Å². The fourth-order valence-electron chi connectivity index (χ4n) is 3.22. The number of carbonyl (C=O) groups excluding carboxylic acids is 1. The van der Waals surface area contributed by atoms with Gasteiger partial charge in [-0.15, -0.1) is 6.58 Å². The topological polar surface area (TPSA) is 84.9 Å².